The van der Waals surface area contributed by atoms with E-state index in [2.05, 4.69) is 217 Å². The molecule has 0 saturated heterocycles. The highest BCUT2D eigenvalue weighted by Gasteiger charge is 2.22. The summed E-state index contributed by atoms with van der Waals surface area (Å²) in [6.45, 7) is 0. The number of hydrogen-bond donors (Lipinski definition) is 0. The second-order valence-electron chi connectivity index (χ2n) is 14.9. The molecule has 2 nitrogen and oxygen atoms in total. The Morgan fingerprint density at radius 2 is 0.862 bits per heavy atom. The maximum Gasteiger partial charge on any atom is 0.136 e. The molecule has 0 aliphatic rings. The highest BCUT2D eigenvalue weighted by molar-refractivity contribution is 6.19. The Balaban J connectivity index is 1.08. The van der Waals surface area contributed by atoms with Gasteiger partial charge in [-0.05, 0) is 110 Å². The molecule has 1 heterocycles. The summed E-state index contributed by atoms with van der Waals surface area (Å²) in [5.74, 6) is 0. The van der Waals surface area contributed by atoms with Gasteiger partial charge in [0.1, 0.15) is 11.2 Å². The van der Waals surface area contributed by atoms with Gasteiger partial charge in [-0.2, -0.15) is 0 Å². The molecule has 10 aromatic carbocycles. The fourth-order valence-corrected chi connectivity index (χ4v) is 8.60. The molecule has 0 amide bonds. The predicted molar refractivity (Wildman–Crippen MR) is 245 cm³/mol. The smallest absolute Gasteiger partial charge is 0.136 e. The van der Waals surface area contributed by atoms with Gasteiger partial charge < -0.3 is 9.32 Å². The van der Waals surface area contributed by atoms with Crippen molar-refractivity contribution in [3.05, 3.63) is 224 Å². The lowest BCUT2D eigenvalue weighted by atomic mass is 9.93. The monoisotopic (exact) mass is 739 g/mol. The highest BCUT2D eigenvalue weighted by Crippen LogP contribution is 2.46. The SMILES string of the molecule is c1ccc(-c2ccccc2N(c2ccc(-c3ccc4ccccc4c3)cc2)c2ccc(-c3ccc4c(ccc5oc6ccccc6c54)c3)cc2-c2ccccc2)cc1. The number of hydrogen-bond acceptors (Lipinski definition) is 2. The van der Waals surface area contributed by atoms with E-state index in [0.29, 0.717) is 0 Å². The largest absolute Gasteiger partial charge is 0.456 e. The van der Waals surface area contributed by atoms with Gasteiger partial charge in [-0.1, -0.05) is 170 Å². The third-order valence-corrected chi connectivity index (χ3v) is 11.5. The van der Waals surface area contributed by atoms with Crippen LogP contribution in [0.15, 0.2) is 229 Å². The lowest BCUT2D eigenvalue weighted by Gasteiger charge is -2.30. The average molecular weight is 740 g/mol. The molecule has 1 aromatic heterocycles. The molecule has 0 aliphatic carbocycles. The van der Waals surface area contributed by atoms with E-state index in [0.717, 1.165) is 55.9 Å². The summed E-state index contributed by atoms with van der Waals surface area (Å²) in [7, 11) is 0. The number of para-hydroxylation sites is 2. The first-order valence-corrected chi connectivity index (χ1v) is 19.8. The molecule has 0 aliphatic heterocycles. The summed E-state index contributed by atoms with van der Waals surface area (Å²) in [6, 6.07) is 80.9. The first kappa shape index (κ1) is 33.6. The molecule has 58 heavy (non-hydrogen) atoms. The van der Waals surface area contributed by atoms with Crippen molar-refractivity contribution in [2.24, 2.45) is 0 Å². The second kappa shape index (κ2) is 14.1. The van der Waals surface area contributed by atoms with Gasteiger partial charge in [0.25, 0.3) is 0 Å². The molecule has 11 rings (SSSR count). The van der Waals surface area contributed by atoms with E-state index in [4.69, 9.17) is 4.42 Å². The standard InChI is InChI=1S/C56H37NO/c1-3-14-40(15-4-1)48-19-9-11-21-52(48)57(47-30-25-39(26-31-47)43-24-23-38-13-7-8-18-42(38)35-43)53-33-28-45(37-51(53)41-16-5-2-6-17-41)44-27-32-49-46(36-44)29-34-55-56(49)50-20-10-12-22-54(50)58-55/h1-37H. The number of anilines is 3. The average Bonchev–Trinajstić information content (AvgIpc) is 3.69. The van der Waals surface area contributed by atoms with Crippen molar-refractivity contribution in [3.63, 3.8) is 0 Å². The zero-order chi connectivity index (χ0) is 38.4. The topological polar surface area (TPSA) is 16.4 Å². The Kier molecular flexibility index (Phi) is 8.19. The minimum atomic E-state index is 0.915. The van der Waals surface area contributed by atoms with Crippen LogP contribution in [0.2, 0.25) is 0 Å². The van der Waals surface area contributed by atoms with Gasteiger partial charge >= 0.3 is 0 Å². The van der Waals surface area contributed by atoms with Crippen LogP contribution in [0.1, 0.15) is 0 Å². The second-order valence-corrected chi connectivity index (χ2v) is 14.9. The van der Waals surface area contributed by atoms with Gasteiger partial charge in [0, 0.05) is 27.6 Å². The van der Waals surface area contributed by atoms with Gasteiger partial charge in [0.2, 0.25) is 0 Å². The molecule has 0 unspecified atom stereocenters. The van der Waals surface area contributed by atoms with E-state index in [1.54, 1.807) is 0 Å². The molecule has 0 saturated carbocycles. The maximum atomic E-state index is 6.22. The number of rotatable bonds is 7. The van der Waals surface area contributed by atoms with Crippen LogP contribution in [0.3, 0.4) is 0 Å². The predicted octanol–water partition coefficient (Wildman–Crippen LogP) is 16.0. The Hall–Kier alpha value is -7.68. The minimum Gasteiger partial charge on any atom is -0.456 e. The van der Waals surface area contributed by atoms with Crippen molar-refractivity contribution in [1.29, 1.82) is 0 Å². The van der Waals surface area contributed by atoms with Crippen LogP contribution < -0.4 is 4.90 Å². The summed E-state index contributed by atoms with van der Waals surface area (Å²) in [6.07, 6.45) is 0. The highest BCUT2D eigenvalue weighted by atomic mass is 16.3. The molecule has 0 N–H and O–H groups in total. The van der Waals surface area contributed by atoms with Gasteiger partial charge in [-0.25, -0.2) is 0 Å². The molecule has 2 heteroatoms. The first-order chi connectivity index (χ1) is 28.7. The quantitative estimate of drug-likeness (QED) is 0.162. The lowest BCUT2D eigenvalue weighted by molar-refractivity contribution is 0.669. The van der Waals surface area contributed by atoms with E-state index in [9.17, 15) is 0 Å². The zero-order valence-electron chi connectivity index (χ0n) is 31.7. The van der Waals surface area contributed by atoms with Crippen molar-refractivity contribution in [2.75, 3.05) is 4.90 Å². The van der Waals surface area contributed by atoms with E-state index in [1.165, 1.54) is 49.2 Å². The van der Waals surface area contributed by atoms with Gasteiger partial charge in [0.15, 0.2) is 0 Å². The number of benzene rings is 10. The molecule has 11 aromatic rings. The fraction of sp³-hybridized carbons (Fsp3) is 0. The van der Waals surface area contributed by atoms with Crippen LogP contribution in [0.4, 0.5) is 17.1 Å². The fourth-order valence-electron chi connectivity index (χ4n) is 8.60. The molecule has 0 atom stereocenters. The summed E-state index contributed by atoms with van der Waals surface area (Å²) < 4.78 is 6.22. The lowest BCUT2D eigenvalue weighted by Crippen LogP contribution is -2.12. The van der Waals surface area contributed by atoms with Crippen LogP contribution in [0, 0.1) is 0 Å². The summed E-state index contributed by atoms with van der Waals surface area (Å²) in [5, 5.41) is 7.18. The van der Waals surface area contributed by atoms with Crippen LogP contribution in [-0.4, -0.2) is 0 Å². The van der Waals surface area contributed by atoms with Crippen molar-refractivity contribution in [3.8, 4) is 44.5 Å². The van der Waals surface area contributed by atoms with E-state index in [1.807, 2.05) is 12.1 Å². The van der Waals surface area contributed by atoms with Crippen molar-refractivity contribution >= 4 is 60.5 Å². The van der Waals surface area contributed by atoms with Crippen LogP contribution in [0.5, 0.6) is 0 Å². The Bertz CT molecular complexity index is 3270. The summed E-state index contributed by atoms with van der Waals surface area (Å²) in [4.78, 5) is 2.43. The molecule has 0 bridgehead atoms. The number of furan rings is 1. The minimum absolute atomic E-state index is 0.915. The van der Waals surface area contributed by atoms with Crippen molar-refractivity contribution in [1.82, 2.24) is 0 Å². The number of nitrogens with zero attached hydrogens (tertiary/aromatic N) is 1. The van der Waals surface area contributed by atoms with Crippen LogP contribution in [0.25, 0.3) is 88.0 Å². The number of fused-ring (bicyclic) bond motifs is 6. The Morgan fingerprint density at radius 3 is 1.69 bits per heavy atom. The first-order valence-electron chi connectivity index (χ1n) is 19.8. The van der Waals surface area contributed by atoms with E-state index >= 15 is 0 Å². The summed E-state index contributed by atoms with van der Waals surface area (Å²) in [5.41, 5.74) is 14.5. The third-order valence-electron chi connectivity index (χ3n) is 11.5. The maximum absolute atomic E-state index is 6.22. The van der Waals surface area contributed by atoms with Gasteiger partial charge in [0.05, 0.1) is 11.4 Å². The Labute approximate surface area is 337 Å². The molecular weight excluding hydrogens is 703 g/mol. The molecule has 0 fully saturated rings. The molecule has 0 radical (unpaired) electrons. The van der Waals surface area contributed by atoms with Gasteiger partial charge in [-0.15, -0.1) is 0 Å². The molecule has 272 valence electrons. The zero-order valence-corrected chi connectivity index (χ0v) is 31.7. The van der Waals surface area contributed by atoms with Crippen molar-refractivity contribution in [2.45, 2.75) is 0 Å². The van der Waals surface area contributed by atoms with E-state index in [-0.39, 0.29) is 0 Å². The van der Waals surface area contributed by atoms with Crippen LogP contribution in [-0.2, 0) is 0 Å². The van der Waals surface area contributed by atoms with Crippen molar-refractivity contribution < 1.29 is 4.42 Å². The van der Waals surface area contributed by atoms with E-state index < -0.39 is 0 Å². The molecule has 0 spiro atoms. The van der Waals surface area contributed by atoms with Gasteiger partial charge in [-0.3, -0.25) is 0 Å². The summed E-state index contributed by atoms with van der Waals surface area (Å²) >= 11 is 0. The Morgan fingerprint density at radius 1 is 0.293 bits per heavy atom. The molecular formula is C56H37NO. The third kappa shape index (κ3) is 5.91. The normalized spacial score (nSPS) is 11.4. The van der Waals surface area contributed by atoms with Crippen LogP contribution >= 0.6 is 0 Å².